The predicted octanol–water partition coefficient (Wildman–Crippen LogP) is 4.52. The molecule has 2 N–H and O–H groups in total. The molecule has 1 fully saturated rings. The minimum atomic E-state index is -4.61. The maximum atomic E-state index is 13.8. The van der Waals surface area contributed by atoms with E-state index >= 15 is 0 Å². The van der Waals surface area contributed by atoms with Crippen molar-refractivity contribution in [3.8, 4) is 17.6 Å². The fourth-order valence-corrected chi connectivity index (χ4v) is 4.27. The van der Waals surface area contributed by atoms with Gasteiger partial charge in [-0.3, -0.25) is 10.00 Å². The molecular formula is C24H22F3N9O4. The van der Waals surface area contributed by atoms with Crippen LogP contribution in [0.2, 0.25) is 0 Å². The summed E-state index contributed by atoms with van der Waals surface area (Å²) < 4.78 is 59.5. The summed E-state index contributed by atoms with van der Waals surface area (Å²) in [6.45, 7) is 0.704. The summed E-state index contributed by atoms with van der Waals surface area (Å²) in [5.41, 5.74) is -0.359. The lowest BCUT2D eigenvalue weighted by molar-refractivity contribution is -0.145. The van der Waals surface area contributed by atoms with Gasteiger partial charge in [-0.05, 0) is 18.9 Å². The Hall–Kier alpha value is -4.91. The highest BCUT2D eigenvalue weighted by Crippen LogP contribution is 2.36. The Morgan fingerprint density at radius 3 is 2.70 bits per heavy atom. The molecule has 0 bridgehead atoms. The molecule has 0 aliphatic carbocycles. The first kappa shape index (κ1) is 26.7. The van der Waals surface area contributed by atoms with E-state index in [-0.39, 0.29) is 45.8 Å². The molecule has 208 valence electrons. The minimum absolute atomic E-state index is 0.0605. The molecule has 0 spiro atoms. The third kappa shape index (κ3) is 5.31. The lowest BCUT2D eigenvalue weighted by Crippen LogP contribution is -2.25. The first-order valence-corrected chi connectivity index (χ1v) is 11.9. The van der Waals surface area contributed by atoms with E-state index < -0.39 is 24.0 Å². The number of fused-ring (bicyclic) bond motifs is 1. The first-order valence-electron chi connectivity index (χ1n) is 11.9. The molecular weight excluding hydrogens is 535 g/mol. The molecule has 13 nitrogen and oxygen atoms in total. The number of hydrogen-bond acceptors (Lipinski definition) is 10. The zero-order valence-corrected chi connectivity index (χ0v) is 21.2. The van der Waals surface area contributed by atoms with Crippen molar-refractivity contribution in [2.45, 2.75) is 25.1 Å². The van der Waals surface area contributed by atoms with E-state index in [1.165, 1.54) is 36.2 Å². The number of anilines is 3. The van der Waals surface area contributed by atoms with Gasteiger partial charge in [-0.15, -0.1) is 0 Å². The van der Waals surface area contributed by atoms with Gasteiger partial charge in [0.25, 0.3) is 0 Å². The zero-order chi connectivity index (χ0) is 28.4. The Balaban J connectivity index is 1.46. The Kier molecular flexibility index (Phi) is 7.13. The molecule has 0 aromatic carbocycles. The molecule has 0 saturated carbocycles. The summed E-state index contributed by atoms with van der Waals surface area (Å²) in [5.74, 6) is 0.549. The van der Waals surface area contributed by atoms with Crippen molar-refractivity contribution in [3.63, 3.8) is 0 Å². The molecule has 1 saturated heterocycles. The van der Waals surface area contributed by atoms with Crippen LogP contribution in [-0.2, 0) is 22.7 Å². The van der Waals surface area contributed by atoms with E-state index in [2.05, 4.69) is 41.5 Å². The van der Waals surface area contributed by atoms with Crippen molar-refractivity contribution in [2.24, 2.45) is 7.05 Å². The molecule has 1 aliphatic heterocycles. The molecule has 5 rings (SSSR count). The largest absolute Gasteiger partial charge is 0.454 e. The second-order valence-electron chi connectivity index (χ2n) is 8.70. The van der Waals surface area contributed by atoms with Crippen LogP contribution in [0.15, 0.2) is 30.6 Å². The van der Waals surface area contributed by atoms with Crippen LogP contribution in [0.5, 0.6) is 11.5 Å². The number of nitrogens with one attached hydrogen (secondary N) is 2. The number of alkyl halides is 3. The smallest absolute Gasteiger partial charge is 0.433 e. The van der Waals surface area contributed by atoms with Crippen molar-refractivity contribution >= 4 is 34.8 Å². The van der Waals surface area contributed by atoms with Gasteiger partial charge in [-0.2, -0.15) is 28.5 Å². The average Bonchev–Trinajstić information content (AvgIpc) is 3.51. The second kappa shape index (κ2) is 10.7. The summed E-state index contributed by atoms with van der Waals surface area (Å²) in [7, 11) is 2.79. The number of carbonyl (C=O) groups excluding carboxylic acids is 1. The van der Waals surface area contributed by atoms with Crippen LogP contribution in [0.4, 0.5) is 35.5 Å². The van der Waals surface area contributed by atoms with Gasteiger partial charge in [0.05, 0.1) is 19.3 Å². The van der Waals surface area contributed by atoms with Crippen LogP contribution < -0.4 is 15.4 Å². The maximum absolute atomic E-state index is 13.8. The van der Waals surface area contributed by atoms with Crippen molar-refractivity contribution in [2.75, 3.05) is 31.0 Å². The van der Waals surface area contributed by atoms with Crippen molar-refractivity contribution in [1.82, 2.24) is 29.3 Å². The van der Waals surface area contributed by atoms with Gasteiger partial charge in [-0.25, -0.2) is 14.8 Å². The predicted molar refractivity (Wildman–Crippen MR) is 133 cm³/mol. The fraction of sp³-hybridized carbons (Fsp3) is 0.333. The molecule has 40 heavy (non-hydrogen) atoms. The van der Waals surface area contributed by atoms with Gasteiger partial charge in [-0.1, -0.05) is 0 Å². The average molecular weight is 557 g/mol. The third-order valence-corrected chi connectivity index (χ3v) is 6.15. The van der Waals surface area contributed by atoms with Crippen LogP contribution in [0.1, 0.15) is 30.1 Å². The number of hydrogen-bond donors (Lipinski definition) is 2. The summed E-state index contributed by atoms with van der Waals surface area (Å²) in [5, 5.41) is 19.4. The molecule has 16 heteroatoms. The van der Waals surface area contributed by atoms with Gasteiger partial charge < -0.3 is 24.1 Å². The Labute approximate surface area is 224 Å². The number of aryl methyl sites for hydroxylation is 1. The topological polar surface area (TPSA) is 154 Å². The number of nitrogens with zero attached hydrogens (tertiary/aromatic N) is 7. The fourth-order valence-electron chi connectivity index (χ4n) is 4.27. The summed E-state index contributed by atoms with van der Waals surface area (Å²) in [4.78, 5) is 24.1. The van der Waals surface area contributed by atoms with E-state index in [4.69, 9.17) is 9.47 Å². The van der Waals surface area contributed by atoms with E-state index in [0.29, 0.717) is 26.1 Å². The molecule has 1 aliphatic rings. The van der Waals surface area contributed by atoms with Crippen LogP contribution in [0.25, 0.3) is 11.2 Å². The molecule has 4 aromatic heterocycles. The maximum Gasteiger partial charge on any atom is 0.433 e. The number of rotatable bonds is 6. The number of aromatic nitrogens is 6. The lowest BCUT2D eigenvalue weighted by atomic mass is 10.1. The van der Waals surface area contributed by atoms with Crippen LogP contribution >= 0.6 is 0 Å². The summed E-state index contributed by atoms with van der Waals surface area (Å²) >= 11 is 0. The van der Waals surface area contributed by atoms with Gasteiger partial charge in [0.2, 0.25) is 5.95 Å². The molecule has 0 unspecified atom stereocenters. The Morgan fingerprint density at radius 1 is 1.23 bits per heavy atom. The summed E-state index contributed by atoms with van der Waals surface area (Å²) in [6.07, 6.45) is -1.83. The van der Waals surface area contributed by atoms with Crippen LogP contribution in [0, 0.1) is 11.3 Å². The number of methoxy groups -OCH3 is 1. The highest BCUT2D eigenvalue weighted by atomic mass is 19.4. The van der Waals surface area contributed by atoms with Gasteiger partial charge >= 0.3 is 12.3 Å². The highest BCUT2D eigenvalue weighted by Gasteiger charge is 2.38. The minimum Gasteiger partial charge on any atom is -0.454 e. The van der Waals surface area contributed by atoms with Crippen LogP contribution in [-0.4, -0.2) is 55.7 Å². The lowest BCUT2D eigenvalue weighted by Gasteiger charge is -2.24. The number of nitriles is 1. The standard InChI is InChI=1S/C24H22F3N9O4/c1-35-20-15(11-28)16(40-14-3-6-29-18(9-14)32-23(37)38-2)12-30-21(20)33-22(35)31-19-10-17(24(25,26)27)36(34-19)13-4-7-39-8-5-13/h3,6,9-10,12-13H,4-5,7-8H2,1-2H3,(H,29,32,37)(H,30,31,33,34). The quantitative estimate of drug-likeness (QED) is 0.346. The normalized spacial score (nSPS) is 14.1. The number of ether oxygens (including phenoxy) is 3. The summed E-state index contributed by atoms with van der Waals surface area (Å²) in [6, 6.07) is 5.47. The molecule has 0 atom stereocenters. The van der Waals surface area contributed by atoms with Gasteiger partial charge in [0.1, 0.15) is 34.4 Å². The number of halogens is 3. The van der Waals surface area contributed by atoms with E-state index in [9.17, 15) is 23.2 Å². The zero-order valence-electron chi connectivity index (χ0n) is 21.2. The third-order valence-electron chi connectivity index (χ3n) is 6.15. The SMILES string of the molecule is COC(=O)Nc1cc(Oc2cnc3nc(Nc4cc(C(F)(F)F)n(C5CCOCC5)n4)n(C)c3c2C#N)ccn1. The van der Waals surface area contributed by atoms with E-state index in [1.807, 2.05) is 0 Å². The molecule has 4 aromatic rings. The second-order valence-corrected chi connectivity index (χ2v) is 8.70. The van der Waals surface area contributed by atoms with E-state index in [0.717, 1.165) is 10.7 Å². The van der Waals surface area contributed by atoms with Gasteiger partial charge in [0, 0.05) is 38.6 Å². The number of imidazole rings is 1. The van der Waals surface area contributed by atoms with Crippen molar-refractivity contribution < 1.29 is 32.2 Å². The van der Waals surface area contributed by atoms with Crippen LogP contribution in [0.3, 0.4) is 0 Å². The highest BCUT2D eigenvalue weighted by molar-refractivity contribution is 5.85. The number of pyridine rings is 2. The monoisotopic (exact) mass is 557 g/mol. The van der Waals surface area contributed by atoms with Crippen molar-refractivity contribution in [3.05, 3.63) is 41.9 Å². The Morgan fingerprint density at radius 2 is 2.00 bits per heavy atom. The van der Waals surface area contributed by atoms with E-state index in [1.54, 1.807) is 7.05 Å². The molecule has 5 heterocycles. The molecule has 1 amide bonds. The first-order chi connectivity index (χ1) is 19.2. The Bertz CT molecular complexity index is 1600. The number of amides is 1. The molecule has 0 radical (unpaired) electrons. The van der Waals surface area contributed by atoms with Gasteiger partial charge in [0.15, 0.2) is 17.2 Å². The number of carbonyl (C=O) groups is 1. The van der Waals surface area contributed by atoms with Crippen molar-refractivity contribution in [1.29, 1.82) is 5.26 Å².